The molecular formula is C20H22N4O2. The second kappa shape index (κ2) is 7.70. The van der Waals surface area contributed by atoms with Crippen LogP contribution >= 0.6 is 0 Å². The average molecular weight is 350 g/mol. The van der Waals surface area contributed by atoms with E-state index < -0.39 is 11.8 Å². The molecule has 0 radical (unpaired) electrons. The van der Waals surface area contributed by atoms with Crippen molar-refractivity contribution >= 4 is 17.9 Å². The first-order chi connectivity index (χ1) is 12.3. The van der Waals surface area contributed by atoms with E-state index in [-0.39, 0.29) is 12.1 Å². The van der Waals surface area contributed by atoms with Gasteiger partial charge in [0.05, 0.1) is 6.54 Å². The van der Waals surface area contributed by atoms with Crippen molar-refractivity contribution < 1.29 is 9.59 Å². The minimum absolute atomic E-state index is 0.0428. The third-order valence-corrected chi connectivity index (χ3v) is 4.22. The Morgan fingerprint density at radius 1 is 1.27 bits per heavy atom. The normalized spacial score (nSPS) is 11.1. The number of carbonyl (C=O) groups is 2. The molecule has 26 heavy (non-hydrogen) atoms. The summed E-state index contributed by atoms with van der Waals surface area (Å²) in [6.45, 7) is 5.72. The summed E-state index contributed by atoms with van der Waals surface area (Å²) in [7, 11) is 1.44. The third-order valence-electron chi connectivity index (χ3n) is 4.22. The van der Waals surface area contributed by atoms with E-state index in [1.54, 1.807) is 6.08 Å². The summed E-state index contributed by atoms with van der Waals surface area (Å²) in [5, 5.41) is 9.38. The van der Waals surface area contributed by atoms with Gasteiger partial charge in [-0.2, -0.15) is 5.26 Å². The van der Waals surface area contributed by atoms with Gasteiger partial charge in [-0.05, 0) is 50.1 Å². The average Bonchev–Trinajstić information content (AvgIpc) is 2.85. The number of nitriles is 1. The maximum Gasteiger partial charge on any atom is 0.264 e. The van der Waals surface area contributed by atoms with E-state index in [9.17, 15) is 14.9 Å². The van der Waals surface area contributed by atoms with Crippen molar-refractivity contribution in [3.05, 3.63) is 58.4 Å². The van der Waals surface area contributed by atoms with Crippen LogP contribution in [0.3, 0.4) is 0 Å². The van der Waals surface area contributed by atoms with Crippen LogP contribution in [0.4, 0.5) is 0 Å². The van der Waals surface area contributed by atoms with Crippen LogP contribution in [-0.4, -0.2) is 34.9 Å². The largest absolute Gasteiger partial charge is 0.368 e. The van der Waals surface area contributed by atoms with Crippen molar-refractivity contribution in [1.82, 2.24) is 9.47 Å². The van der Waals surface area contributed by atoms with Gasteiger partial charge >= 0.3 is 0 Å². The maximum atomic E-state index is 12.4. The number of carbonyl (C=O) groups excluding carboxylic acids is 2. The monoisotopic (exact) mass is 350 g/mol. The number of rotatable bonds is 5. The molecule has 0 unspecified atom stereocenters. The van der Waals surface area contributed by atoms with E-state index in [0.717, 1.165) is 33.1 Å². The molecule has 2 rings (SSSR count). The molecule has 2 aromatic rings. The zero-order valence-corrected chi connectivity index (χ0v) is 15.4. The Labute approximate surface area is 153 Å². The van der Waals surface area contributed by atoms with Gasteiger partial charge in [0.15, 0.2) is 0 Å². The van der Waals surface area contributed by atoms with E-state index in [2.05, 4.69) is 4.57 Å². The highest BCUT2D eigenvalue weighted by molar-refractivity contribution is 6.02. The number of likely N-dealkylation sites (N-methyl/N-ethyl adjacent to an activating group) is 1. The topological polar surface area (TPSA) is 92.1 Å². The molecule has 1 aromatic carbocycles. The van der Waals surface area contributed by atoms with Crippen molar-refractivity contribution in [3.8, 4) is 11.8 Å². The van der Waals surface area contributed by atoms with Gasteiger partial charge in [-0.25, -0.2) is 0 Å². The smallest absolute Gasteiger partial charge is 0.264 e. The van der Waals surface area contributed by atoms with Gasteiger partial charge in [0.25, 0.3) is 5.91 Å². The highest BCUT2D eigenvalue weighted by Crippen LogP contribution is 2.25. The van der Waals surface area contributed by atoms with Gasteiger partial charge < -0.3 is 15.2 Å². The fourth-order valence-corrected chi connectivity index (χ4v) is 2.93. The Balaban J connectivity index is 2.46. The number of hydrogen-bond acceptors (Lipinski definition) is 3. The van der Waals surface area contributed by atoms with E-state index in [1.807, 2.05) is 57.2 Å². The van der Waals surface area contributed by atoms with Crippen LogP contribution in [-0.2, 0) is 9.59 Å². The molecule has 1 heterocycles. The molecule has 2 amide bonds. The SMILES string of the molecule is Cc1ccccc1-n1c(C)cc(/C=C(\C#N)C(=O)N(C)CC(N)=O)c1C. The number of aromatic nitrogens is 1. The van der Waals surface area contributed by atoms with E-state index in [1.165, 1.54) is 7.05 Å². The minimum Gasteiger partial charge on any atom is -0.368 e. The quantitative estimate of drug-likeness (QED) is 0.662. The molecule has 6 nitrogen and oxygen atoms in total. The Kier molecular flexibility index (Phi) is 5.63. The number of nitrogens with zero attached hydrogens (tertiary/aromatic N) is 3. The van der Waals surface area contributed by atoms with Crippen LogP contribution in [0.25, 0.3) is 11.8 Å². The van der Waals surface area contributed by atoms with Crippen LogP contribution in [0.1, 0.15) is 22.5 Å². The lowest BCUT2D eigenvalue weighted by atomic mass is 10.1. The van der Waals surface area contributed by atoms with Gasteiger partial charge in [-0.3, -0.25) is 9.59 Å². The first kappa shape index (κ1) is 19.0. The van der Waals surface area contributed by atoms with Gasteiger partial charge in [-0.1, -0.05) is 18.2 Å². The molecule has 0 bridgehead atoms. The van der Waals surface area contributed by atoms with Gasteiger partial charge in [-0.15, -0.1) is 0 Å². The Morgan fingerprint density at radius 2 is 1.92 bits per heavy atom. The fraction of sp³-hybridized carbons (Fsp3) is 0.250. The summed E-state index contributed by atoms with van der Waals surface area (Å²) >= 11 is 0. The molecular weight excluding hydrogens is 328 g/mol. The zero-order valence-electron chi connectivity index (χ0n) is 15.4. The molecule has 6 heteroatoms. The molecule has 0 saturated heterocycles. The molecule has 0 aliphatic rings. The molecule has 1 aromatic heterocycles. The first-order valence-electron chi connectivity index (χ1n) is 8.16. The van der Waals surface area contributed by atoms with Crippen LogP contribution < -0.4 is 5.73 Å². The number of aryl methyl sites for hydroxylation is 2. The molecule has 0 aliphatic heterocycles. The van der Waals surface area contributed by atoms with E-state index in [0.29, 0.717) is 0 Å². The minimum atomic E-state index is -0.629. The fourth-order valence-electron chi connectivity index (χ4n) is 2.93. The molecule has 134 valence electrons. The number of hydrogen-bond donors (Lipinski definition) is 1. The second-order valence-electron chi connectivity index (χ2n) is 6.25. The molecule has 0 saturated carbocycles. The van der Waals surface area contributed by atoms with Crippen LogP contribution in [0.5, 0.6) is 0 Å². The van der Waals surface area contributed by atoms with Crippen LogP contribution in [0.2, 0.25) is 0 Å². The van der Waals surface area contributed by atoms with E-state index in [4.69, 9.17) is 5.73 Å². The highest BCUT2D eigenvalue weighted by Gasteiger charge is 2.18. The number of primary amides is 1. The summed E-state index contributed by atoms with van der Waals surface area (Å²) in [6.07, 6.45) is 1.55. The van der Waals surface area contributed by atoms with Crippen LogP contribution in [0.15, 0.2) is 35.9 Å². The van der Waals surface area contributed by atoms with Gasteiger partial charge in [0.1, 0.15) is 11.6 Å². The second-order valence-corrected chi connectivity index (χ2v) is 6.25. The lowest BCUT2D eigenvalue weighted by molar-refractivity contribution is -0.130. The molecule has 0 atom stereocenters. The zero-order chi connectivity index (χ0) is 19.4. The number of para-hydroxylation sites is 1. The van der Waals surface area contributed by atoms with Gasteiger partial charge in [0, 0.05) is 24.1 Å². The predicted octanol–water partition coefficient (Wildman–Crippen LogP) is 2.25. The number of amides is 2. The molecule has 2 N–H and O–H groups in total. The Bertz CT molecular complexity index is 932. The summed E-state index contributed by atoms with van der Waals surface area (Å²) < 4.78 is 2.09. The molecule has 0 spiro atoms. The van der Waals surface area contributed by atoms with Crippen molar-refractivity contribution in [1.29, 1.82) is 5.26 Å². The standard InChI is InChI=1S/C20H22N4O2/c1-13-7-5-6-8-18(13)24-14(2)9-16(15(24)3)10-17(11-21)20(26)23(4)12-19(22)25/h5-10H,12H2,1-4H3,(H2,22,25)/b17-10+. The first-order valence-corrected chi connectivity index (χ1v) is 8.16. The summed E-state index contributed by atoms with van der Waals surface area (Å²) in [5.74, 6) is -1.16. The third kappa shape index (κ3) is 3.83. The van der Waals surface area contributed by atoms with Crippen molar-refractivity contribution in [3.63, 3.8) is 0 Å². The van der Waals surface area contributed by atoms with Gasteiger partial charge in [0.2, 0.25) is 5.91 Å². The predicted molar refractivity (Wildman–Crippen MR) is 100 cm³/mol. The summed E-state index contributed by atoms with van der Waals surface area (Å²) in [6, 6.07) is 11.9. The van der Waals surface area contributed by atoms with Crippen molar-refractivity contribution in [2.24, 2.45) is 5.73 Å². The number of benzene rings is 1. The van der Waals surface area contributed by atoms with Crippen molar-refractivity contribution in [2.75, 3.05) is 13.6 Å². The molecule has 0 fully saturated rings. The van der Waals surface area contributed by atoms with Crippen LogP contribution in [0, 0.1) is 32.1 Å². The van der Waals surface area contributed by atoms with E-state index >= 15 is 0 Å². The number of nitrogens with two attached hydrogens (primary N) is 1. The Hall–Kier alpha value is -3.33. The lowest BCUT2D eigenvalue weighted by Gasteiger charge is -2.14. The molecule has 0 aliphatic carbocycles. The lowest BCUT2D eigenvalue weighted by Crippen LogP contribution is -2.35. The maximum absolute atomic E-state index is 12.4. The summed E-state index contributed by atoms with van der Waals surface area (Å²) in [5.41, 5.74) is 9.96. The Morgan fingerprint density at radius 3 is 2.50 bits per heavy atom. The van der Waals surface area contributed by atoms with Crippen molar-refractivity contribution in [2.45, 2.75) is 20.8 Å². The highest BCUT2D eigenvalue weighted by atomic mass is 16.2. The summed E-state index contributed by atoms with van der Waals surface area (Å²) in [4.78, 5) is 24.5.